The fourth-order valence-electron chi connectivity index (χ4n) is 3.71. The van der Waals surface area contributed by atoms with Gasteiger partial charge in [0.2, 0.25) is 0 Å². The summed E-state index contributed by atoms with van der Waals surface area (Å²) >= 11 is 1.68. The first-order valence-electron chi connectivity index (χ1n) is 9.82. The summed E-state index contributed by atoms with van der Waals surface area (Å²) in [7, 11) is 0.573. The second-order valence-corrected chi connectivity index (χ2v) is 9.75. The molecule has 6 heteroatoms. The van der Waals surface area contributed by atoms with Gasteiger partial charge in [-0.3, -0.25) is 0 Å². The zero-order valence-corrected chi connectivity index (χ0v) is 18.7. The molecule has 0 radical (unpaired) electrons. The zero-order valence-electron chi connectivity index (χ0n) is 17.0. The molecular formula is C23H26N2O2S2. The van der Waals surface area contributed by atoms with Crippen molar-refractivity contribution in [3.05, 3.63) is 64.5 Å². The molecule has 1 aliphatic heterocycles. The zero-order chi connectivity index (χ0) is 20.4. The van der Waals surface area contributed by atoms with Crippen molar-refractivity contribution in [3.63, 3.8) is 0 Å². The highest BCUT2D eigenvalue weighted by Gasteiger charge is 2.29. The van der Waals surface area contributed by atoms with Crippen molar-refractivity contribution >= 4 is 33.5 Å². The number of methoxy groups -OCH3 is 1. The van der Waals surface area contributed by atoms with Crippen LogP contribution in [0.25, 0.3) is 0 Å². The van der Waals surface area contributed by atoms with Crippen LogP contribution in [-0.2, 0) is 17.3 Å². The van der Waals surface area contributed by atoms with E-state index in [4.69, 9.17) is 4.74 Å². The van der Waals surface area contributed by atoms with Crippen LogP contribution in [0.4, 0.5) is 11.4 Å². The highest BCUT2D eigenvalue weighted by Crippen LogP contribution is 2.44. The predicted octanol–water partition coefficient (Wildman–Crippen LogP) is 5.17. The highest BCUT2D eigenvalue weighted by atomic mass is 32.2. The van der Waals surface area contributed by atoms with Gasteiger partial charge in [-0.15, -0.1) is 11.3 Å². The Morgan fingerprint density at radius 3 is 2.69 bits per heavy atom. The van der Waals surface area contributed by atoms with E-state index in [1.165, 1.54) is 16.0 Å². The number of para-hydroxylation sites is 1. The molecule has 0 saturated heterocycles. The number of ether oxygens (including phenoxy) is 1. The molecule has 1 N–H and O–H groups in total. The molecule has 4 nitrogen and oxygen atoms in total. The van der Waals surface area contributed by atoms with Crippen LogP contribution < -0.4 is 15.0 Å². The van der Waals surface area contributed by atoms with Crippen LogP contribution in [0.15, 0.2) is 58.3 Å². The molecule has 2 heterocycles. The van der Waals surface area contributed by atoms with Gasteiger partial charge in [0.15, 0.2) is 5.06 Å². The van der Waals surface area contributed by atoms with Gasteiger partial charge < -0.3 is 15.0 Å². The molecule has 29 heavy (non-hydrogen) atoms. The van der Waals surface area contributed by atoms with E-state index in [0.717, 1.165) is 52.3 Å². The first-order valence-corrected chi connectivity index (χ1v) is 11.8. The van der Waals surface area contributed by atoms with Gasteiger partial charge in [0.25, 0.3) is 0 Å². The molecule has 4 rings (SSSR count). The fourth-order valence-corrected chi connectivity index (χ4v) is 5.93. The number of nitrogens with one attached hydrogen (secondary N) is 1. The van der Waals surface area contributed by atoms with E-state index in [9.17, 15) is 4.21 Å². The molecule has 1 aromatic heterocycles. The Bertz CT molecular complexity index is 1050. The normalized spacial score (nSPS) is 15.1. The van der Waals surface area contributed by atoms with E-state index in [1.807, 2.05) is 30.3 Å². The maximum atomic E-state index is 13.1. The first-order chi connectivity index (χ1) is 14.1. The summed E-state index contributed by atoms with van der Waals surface area (Å²) in [5, 5.41) is 4.48. The number of thiophene rings is 1. The van der Waals surface area contributed by atoms with Crippen molar-refractivity contribution in [2.75, 3.05) is 25.1 Å². The summed E-state index contributed by atoms with van der Waals surface area (Å²) < 4.78 is 18.4. The summed E-state index contributed by atoms with van der Waals surface area (Å²) in [5.41, 5.74) is 4.62. The van der Waals surface area contributed by atoms with Crippen molar-refractivity contribution in [2.24, 2.45) is 0 Å². The van der Waals surface area contributed by atoms with Crippen LogP contribution in [0, 0.1) is 13.8 Å². The Kier molecular flexibility index (Phi) is 6.04. The van der Waals surface area contributed by atoms with Crippen LogP contribution in [0.5, 0.6) is 5.06 Å². The SMILES string of the molecule is COc1ccc(CNCCCN2c3ccccc3S(=O)c3ccc(C)c(C)c32)s1. The lowest BCUT2D eigenvalue weighted by Gasteiger charge is -2.34. The third-order valence-corrected chi connectivity index (χ3v) is 7.88. The summed E-state index contributed by atoms with van der Waals surface area (Å²) in [5.74, 6) is 0. The van der Waals surface area contributed by atoms with E-state index in [2.05, 4.69) is 42.3 Å². The molecule has 2 aromatic carbocycles. The molecule has 152 valence electrons. The average molecular weight is 427 g/mol. The maximum absolute atomic E-state index is 13.1. The molecule has 0 saturated carbocycles. The van der Waals surface area contributed by atoms with Crippen LogP contribution in [0.1, 0.15) is 22.4 Å². The Labute approximate surface area is 179 Å². The second-order valence-electron chi connectivity index (χ2n) is 7.20. The Hall–Kier alpha value is -2.15. The van der Waals surface area contributed by atoms with Gasteiger partial charge in [-0.25, -0.2) is 4.21 Å². The molecule has 0 spiro atoms. The molecule has 0 fully saturated rings. The third-order valence-electron chi connectivity index (χ3n) is 5.36. The van der Waals surface area contributed by atoms with Crippen LogP contribution in [0.2, 0.25) is 0 Å². The summed E-state index contributed by atoms with van der Waals surface area (Å²) in [6, 6.07) is 16.3. The van der Waals surface area contributed by atoms with E-state index in [-0.39, 0.29) is 0 Å². The molecule has 0 aliphatic carbocycles. The monoisotopic (exact) mass is 426 g/mol. The Balaban J connectivity index is 1.49. The van der Waals surface area contributed by atoms with Crippen LogP contribution in [-0.4, -0.2) is 24.4 Å². The number of nitrogens with zero attached hydrogens (tertiary/aromatic N) is 1. The fraction of sp³-hybridized carbons (Fsp3) is 0.304. The summed E-state index contributed by atoms with van der Waals surface area (Å²) in [6.07, 6.45) is 0.996. The average Bonchev–Trinajstić information content (AvgIpc) is 3.20. The predicted molar refractivity (Wildman–Crippen MR) is 121 cm³/mol. The van der Waals surface area contributed by atoms with Gasteiger partial charge in [0.05, 0.1) is 39.1 Å². The van der Waals surface area contributed by atoms with Crippen molar-refractivity contribution in [3.8, 4) is 5.06 Å². The molecule has 1 unspecified atom stereocenters. The minimum Gasteiger partial charge on any atom is -0.487 e. The van der Waals surface area contributed by atoms with Crippen molar-refractivity contribution < 1.29 is 8.95 Å². The van der Waals surface area contributed by atoms with Gasteiger partial charge in [0.1, 0.15) is 0 Å². The quantitative estimate of drug-likeness (QED) is 0.529. The number of benzene rings is 2. The standard InChI is InChI=1S/C23H26N2O2S2/c1-16-9-11-21-23(17(16)2)25(19-7-4-5-8-20(19)29(21)26)14-6-13-24-15-18-10-12-22(27-3)28-18/h4-5,7-12,24H,6,13-15H2,1-3H3. The molecule has 3 aromatic rings. The van der Waals surface area contributed by atoms with E-state index in [0.29, 0.717) is 0 Å². The number of hydrogen-bond acceptors (Lipinski definition) is 5. The number of aryl methyl sites for hydroxylation is 1. The lowest BCUT2D eigenvalue weighted by Crippen LogP contribution is -2.28. The molecule has 1 atom stereocenters. The topological polar surface area (TPSA) is 41.6 Å². The summed E-state index contributed by atoms with van der Waals surface area (Å²) in [4.78, 5) is 5.45. The molecule has 0 bridgehead atoms. The van der Waals surface area contributed by atoms with Crippen LogP contribution in [0.3, 0.4) is 0 Å². The van der Waals surface area contributed by atoms with E-state index >= 15 is 0 Å². The van der Waals surface area contributed by atoms with Gasteiger partial charge in [0, 0.05) is 18.0 Å². The molecule has 0 amide bonds. The Morgan fingerprint density at radius 1 is 1.07 bits per heavy atom. The summed E-state index contributed by atoms with van der Waals surface area (Å²) in [6.45, 7) is 6.90. The van der Waals surface area contributed by atoms with Gasteiger partial charge in [-0.1, -0.05) is 18.2 Å². The molecular weight excluding hydrogens is 400 g/mol. The Morgan fingerprint density at radius 2 is 1.90 bits per heavy atom. The third kappa shape index (κ3) is 3.97. The highest BCUT2D eigenvalue weighted by molar-refractivity contribution is 7.85. The van der Waals surface area contributed by atoms with Gasteiger partial charge in [-0.05, 0) is 68.3 Å². The van der Waals surface area contributed by atoms with Crippen molar-refractivity contribution in [1.82, 2.24) is 5.32 Å². The van der Waals surface area contributed by atoms with E-state index in [1.54, 1.807) is 18.4 Å². The minimum absolute atomic E-state index is 0.851. The number of rotatable bonds is 7. The number of fused-ring (bicyclic) bond motifs is 2. The van der Waals surface area contributed by atoms with Crippen molar-refractivity contribution in [2.45, 2.75) is 36.6 Å². The smallest absolute Gasteiger partial charge is 0.173 e. The molecule has 1 aliphatic rings. The van der Waals surface area contributed by atoms with Gasteiger partial charge >= 0.3 is 0 Å². The number of hydrogen-bond donors (Lipinski definition) is 1. The van der Waals surface area contributed by atoms with E-state index < -0.39 is 10.8 Å². The van der Waals surface area contributed by atoms with Gasteiger partial charge in [-0.2, -0.15) is 0 Å². The number of anilines is 2. The second kappa shape index (κ2) is 8.69. The minimum atomic E-state index is -1.13. The first kappa shape index (κ1) is 20.1. The largest absolute Gasteiger partial charge is 0.487 e. The maximum Gasteiger partial charge on any atom is 0.173 e. The lowest BCUT2D eigenvalue weighted by molar-refractivity contribution is 0.427. The van der Waals surface area contributed by atoms with Crippen LogP contribution >= 0.6 is 11.3 Å². The van der Waals surface area contributed by atoms with Crippen molar-refractivity contribution in [1.29, 1.82) is 0 Å². The lowest BCUT2D eigenvalue weighted by atomic mass is 10.1.